The van der Waals surface area contributed by atoms with Crippen molar-refractivity contribution < 1.29 is 14.6 Å². The standard InChI is InChI=1S/C15H13BrO3/c16-13-6-7-15(12(8-13)9-17)19-10-14(18)11-4-2-1-3-5-11/h1-9,14,18H,10H2. The first kappa shape index (κ1) is 13.8. The molecule has 0 aliphatic heterocycles. The number of benzene rings is 2. The minimum absolute atomic E-state index is 0.104. The lowest BCUT2D eigenvalue weighted by Crippen LogP contribution is -2.10. The summed E-state index contributed by atoms with van der Waals surface area (Å²) in [5.41, 5.74) is 1.24. The molecule has 98 valence electrons. The maximum Gasteiger partial charge on any atom is 0.153 e. The van der Waals surface area contributed by atoms with Crippen molar-refractivity contribution in [2.75, 3.05) is 6.61 Å². The monoisotopic (exact) mass is 320 g/mol. The van der Waals surface area contributed by atoms with Crippen LogP contribution in [-0.4, -0.2) is 18.0 Å². The second-order valence-corrected chi connectivity index (χ2v) is 4.95. The summed E-state index contributed by atoms with van der Waals surface area (Å²) in [6, 6.07) is 14.4. The lowest BCUT2D eigenvalue weighted by molar-refractivity contribution is 0.104. The summed E-state index contributed by atoms with van der Waals surface area (Å²) < 4.78 is 6.31. The predicted molar refractivity (Wildman–Crippen MR) is 76.4 cm³/mol. The van der Waals surface area contributed by atoms with Crippen LogP contribution in [0.3, 0.4) is 0 Å². The van der Waals surface area contributed by atoms with Gasteiger partial charge in [-0.2, -0.15) is 0 Å². The molecule has 0 radical (unpaired) electrons. The third-order valence-corrected chi connectivity index (χ3v) is 3.17. The Kier molecular flexibility index (Phi) is 4.71. The molecule has 0 spiro atoms. The highest BCUT2D eigenvalue weighted by molar-refractivity contribution is 9.10. The summed E-state index contributed by atoms with van der Waals surface area (Å²) in [5.74, 6) is 0.466. The first-order valence-electron chi connectivity index (χ1n) is 5.81. The van der Waals surface area contributed by atoms with E-state index < -0.39 is 6.10 Å². The molecule has 1 unspecified atom stereocenters. The third kappa shape index (κ3) is 3.66. The van der Waals surface area contributed by atoms with Crippen LogP contribution in [0.25, 0.3) is 0 Å². The van der Waals surface area contributed by atoms with E-state index in [-0.39, 0.29) is 6.61 Å². The molecule has 3 nitrogen and oxygen atoms in total. The first-order chi connectivity index (χ1) is 9.20. The summed E-state index contributed by atoms with van der Waals surface area (Å²) >= 11 is 3.29. The molecular formula is C15H13BrO3. The van der Waals surface area contributed by atoms with Gasteiger partial charge in [-0.05, 0) is 23.8 Å². The second-order valence-electron chi connectivity index (χ2n) is 4.04. The minimum Gasteiger partial charge on any atom is -0.490 e. The van der Waals surface area contributed by atoms with Crippen molar-refractivity contribution >= 4 is 22.2 Å². The number of hydrogen-bond donors (Lipinski definition) is 1. The first-order valence-corrected chi connectivity index (χ1v) is 6.60. The molecule has 2 aromatic carbocycles. The van der Waals surface area contributed by atoms with Gasteiger partial charge in [-0.1, -0.05) is 46.3 Å². The number of carbonyl (C=O) groups is 1. The van der Waals surface area contributed by atoms with Crippen LogP contribution >= 0.6 is 15.9 Å². The molecule has 1 atom stereocenters. The van der Waals surface area contributed by atoms with E-state index in [0.29, 0.717) is 11.3 Å². The highest BCUT2D eigenvalue weighted by Gasteiger charge is 2.10. The van der Waals surface area contributed by atoms with Gasteiger partial charge in [-0.3, -0.25) is 4.79 Å². The maximum atomic E-state index is 10.9. The van der Waals surface area contributed by atoms with E-state index in [4.69, 9.17) is 4.74 Å². The quantitative estimate of drug-likeness (QED) is 0.859. The molecule has 0 aliphatic carbocycles. The van der Waals surface area contributed by atoms with Crippen molar-refractivity contribution in [2.45, 2.75) is 6.10 Å². The van der Waals surface area contributed by atoms with Crippen molar-refractivity contribution in [1.82, 2.24) is 0 Å². The molecule has 0 fully saturated rings. The van der Waals surface area contributed by atoms with Gasteiger partial charge in [0, 0.05) is 4.47 Å². The van der Waals surface area contributed by atoms with E-state index in [9.17, 15) is 9.90 Å². The van der Waals surface area contributed by atoms with Gasteiger partial charge in [0.2, 0.25) is 0 Å². The van der Waals surface area contributed by atoms with E-state index in [1.165, 1.54) is 0 Å². The lowest BCUT2D eigenvalue weighted by Gasteiger charge is -2.13. The van der Waals surface area contributed by atoms with Crippen molar-refractivity contribution in [2.24, 2.45) is 0 Å². The van der Waals surface area contributed by atoms with Crippen LogP contribution in [0.15, 0.2) is 53.0 Å². The molecule has 0 heterocycles. The Hall–Kier alpha value is -1.65. The molecule has 0 saturated carbocycles. The summed E-state index contributed by atoms with van der Waals surface area (Å²) in [6.45, 7) is 0.104. The molecule has 19 heavy (non-hydrogen) atoms. The van der Waals surface area contributed by atoms with Gasteiger partial charge < -0.3 is 9.84 Å². The third-order valence-electron chi connectivity index (χ3n) is 2.68. The van der Waals surface area contributed by atoms with E-state index in [2.05, 4.69) is 15.9 Å². The highest BCUT2D eigenvalue weighted by atomic mass is 79.9. The van der Waals surface area contributed by atoms with E-state index in [0.717, 1.165) is 16.3 Å². The molecule has 0 bridgehead atoms. The normalized spacial score (nSPS) is 11.9. The molecule has 0 amide bonds. The Bertz CT molecular complexity index is 555. The number of carbonyl (C=O) groups excluding carboxylic acids is 1. The SMILES string of the molecule is O=Cc1cc(Br)ccc1OCC(O)c1ccccc1. The Morgan fingerprint density at radius 1 is 1.21 bits per heavy atom. The summed E-state index contributed by atoms with van der Waals surface area (Å²) in [6.07, 6.45) is 0.0129. The molecule has 0 aliphatic rings. The smallest absolute Gasteiger partial charge is 0.153 e. The van der Waals surface area contributed by atoms with Gasteiger partial charge in [0.05, 0.1) is 5.56 Å². The molecule has 4 heteroatoms. The minimum atomic E-state index is -0.718. The number of aliphatic hydroxyl groups excluding tert-OH is 1. The number of aldehydes is 1. The van der Waals surface area contributed by atoms with E-state index in [1.54, 1.807) is 18.2 Å². The van der Waals surface area contributed by atoms with Gasteiger partial charge in [-0.15, -0.1) is 0 Å². The number of rotatable bonds is 5. The highest BCUT2D eigenvalue weighted by Crippen LogP contribution is 2.23. The molecular weight excluding hydrogens is 308 g/mol. The van der Waals surface area contributed by atoms with Crippen molar-refractivity contribution in [3.63, 3.8) is 0 Å². The zero-order valence-corrected chi connectivity index (χ0v) is 11.7. The number of ether oxygens (including phenoxy) is 1. The largest absolute Gasteiger partial charge is 0.490 e. The fourth-order valence-corrected chi connectivity index (χ4v) is 2.06. The number of hydrogen-bond acceptors (Lipinski definition) is 3. The topological polar surface area (TPSA) is 46.5 Å². The summed E-state index contributed by atoms with van der Waals surface area (Å²) in [5, 5.41) is 9.98. The van der Waals surface area contributed by atoms with Gasteiger partial charge >= 0.3 is 0 Å². The molecule has 2 rings (SSSR count). The summed E-state index contributed by atoms with van der Waals surface area (Å²) in [4.78, 5) is 10.9. The van der Waals surface area contributed by atoms with Crippen LogP contribution in [0.4, 0.5) is 0 Å². The number of aliphatic hydroxyl groups is 1. The van der Waals surface area contributed by atoms with Crippen LogP contribution in [0.2, 0.25) is 0 Å². The Labute approximate surface area is 120 Å². The average Bonchev–Trinajstić information content (AvgIpc) is 2.46. The van der Waals surface area contributed by atoms with Crippen molar-refractivity contribution in [3.8, 4) is 5.75 Å². The average molecular weight is 321 g/mol. The van der Waals surface area contributed by atoms with Crippen LogP contribution in [0.5, 0.6) is 5.75 Å². The van der Waals surface area contributed by atoms with Gasteiger partial charge in [-0.25, -0.2) is 0 Å². The van der Waals surface area contributed by atoms with Gasteiger partial charge in [0.25, 0.3) is 0 Å². The van der Waals surface area contributed by atoms with Crippen LogP contribution < -0.4 is 4.74 Å². The predicted octanol–water partition coefficient (Wildman–Crippen LogP) is 3.37. The molecule has 1 N–H and O–H groups in total. The Morgan fingerprint density at radius 3 is 2.63 bits per heavy atom. The van der Waals surface area contributed by atoms with Crippen molar-refractivity contribution in [3.05, 3.63) is 64.1 Å². The number of halogens is 1. The molecule has 2 aromatic rings. The van der Waals surface area contributed by atoms with Crippen LogP contribution in [0, 0.1) is 0 Å². The summed E-state index contributed by atoms with van der Waals surface area (Å²) in [7, 11) is 0. The maximum absolute atomic E-state index is 10.9. The van der Waals surface area contributed by atoms with E-state index in [1.807, 2.05) is 30.3 Å². The second kappa shape index (κ2) is 6.50. The van der Waals surface area contributed by atoms with Crippen LogP contribution in [0.1, 0.15) is 22.0 Å². The fourth-order valence-electron chi connectivity index (χ4n) is 1.68. The van der Waals surface area contributed by atoms with E-state index >= 15 is 0 Å². The molecule has 0 saturated heterocycles. The lowest BCUT2D eigenvalue weighted by atomic mass is 10.1. The van der Waals surface area contributed by atoms with Crippen LogP contribution in [-0.2, 0) is 0 Å². The zero-order valence-electron chi connectivity index (χ0n) is 10.1. The van der Waals surface area contributed by atoms with Gasteiger partial charge in [0.15, 0.2) is 6.29 Å². The Balaban J connectivity index is 2.05. The zero-order chi connectivity index (χ0) is 13.7. The van der Waals surface area contributed by atoms with Crippen molar-refractivity contribution in [1.29, 1.82) is 0 Å². The van der Waals surface area contributed by atoms with Gasteiger partial charge in [0.1, 0.15) is 18.5 Å². The molecule has 0 aromatic heterocycles. The fraction of sp³-hybridized carbons (Fsp3) is 0.133. The Morgan fingerprint density at radius 2 is 1.95 bits per heavy atom.